The molecule has 17 heavy (non-hydrogen) atoms. The largest absolute Gasteiger partial charge is 0.313 e. The summed E-state index contributed by atoms with van der Waals surface area (Å²) in [6, 6.07) is 4.13. The summed E-state index contributed by atoms with van der Waals surface area (Å²) in [7, 11) is -0.963. The zero-order valence-electron chi connectivity index (χ0n) is 10.2. The molecule has 0 spiro atoms. The van der Waals surface area contributed by atoms with E-state index >= 15 is 0 Å². The molecule has 1 rings (SSSR count). The molecule has 1 aromatic rings. The normalized spacial score (nSPS) is 12.1. The van der Waals surface area contributed by atoms with Crippen LogP contribution in [0.2, 0.25) is 0 Å². The van der Waals surface area contributed by atoms with Crippen molar-refractivity contribution in [2.75, 3.05) is 20.6 Å². The molecule has 0 radical (unpaired) electrons. The molecule has 0 unspecified atom stereocenters. The average Bonchev–Trinajstić information content (AvgIpc) is 2.27. The van der Waals surface area contributed by atoms with Gasteiger partial charge in [0, 0.05) is 20.6 Å². The lowest BCUT2D eigenvalue weighted by Crippen LogP contribution is -2.23. The molecule has 6 heteroatoms. The zero-order valence-corrected chi connectivity index (χ0v) is 11.0. The van der Waals surface area contributed by atoms with Crippen LogP contribution in [0.4, 0.5) is 4.39 Å². The molecule has 0 fully saturated rings. The summed E-state index contributed by atoms with van der Waals surface area (Å²) in [4.78, 5) is -0.280. The Morgan fingerprint density at radius 3 is 2.53 bits per heavy atom. The highest BCUT2D eigenvalue weighted by Gasteiger charge is 2.21. The van der Waals surface area contributed by atoms with E-state index in [1.54, 1.807) is 6.07 Å². The van der Waals surface area contributed by atoms with Crippen LogP contribution in [0.5, 0.6) is 0 Å². The quantitative estimate of drug-likeness (QED) is 0.865. The number of rotatable bonds is 5. The first-order valence-electron chi connectivity index (χ1n) is 5.31. The summed E-state index contributed by atoms with van der Waals surface area (Å²) >= 11 is 0. The van der Waals surface area contributed by atoms with Crippen molar-refractivity contribution in [3.8, 4) is 0 Å². The molecule has 0 atom stereocenters. The van der Waals surface area contributed by atoms with E-state index < -0.39 is 15.8 Å². The molecule has 0 heterocycles. The smallest absolute Gasteiger partial charge is 0.245 e. The molecule has 4 nitrogen and oxygen atoms in total. The Kier molecular flexibility index (Phi) is 4.62. The van der Waals surface area contributed by atoms with E-state index in [0.29, 0.717) is 6.54 Å². The number of hydrogen-bond acceptors (Lipinski definition) is 3. The van der Waals surface area contributed by atoms with E-state index in [9.17, 15) is 12.8 Å². The van der Waals surface area contributed by atoms with Crippen molar-refractivity contribution in [3.63, 3.8) is 0 Å². The van der Waals surface area contributed by atoms with Crippen LogP contribution in [0.3, 0.4) is 0 Å². The predicted molar refractivity (Wildman–Crippen MR) is 64.7 cm³/mol. The first kappa shape index (κ1) is 14.1. The SMILES string of the molecule is CCNCc1ccc(F)c(S(=O)(=O)N(C)C)c1. The topological polar surface area (TPSA) is 49.4 Å². The summed E-state index contributed by atoms with van der Waals surface area (Å²) in [5.74, 6) is -0.723. The van der Waals surface area contributed by atoms with Crippen LogP contribution < -0.4 is 5.32 Å². The minimum absolute atomic E-state index is 0.280. The number of sulfonamides is 1. The highest BCUT2D eigenvalue weighted by molar-refractivity contribution is 7.89. The number of nitrogens with one attached hydrogen (secondary N) is 1. The molecule has 0 aliphatic heterocycles. The van der Waals surface area contributed by atoms with E-state index in [1.807, 2.05) is 6.92 Å². The van der Waals surface area contributed by atoms with Crippen molar-refractivity contribution >= 4 is 10.0 Å². The first-order chi connectivity index (χ1) is 7.89. The van der Waals surface area contributed by atoms with Gasteiger partial charge >= 0.3 is 0 Å². The molecule has 0 bridgehead atoms. The summed E-state index contributed by atoms with van der Waals surface area (Å²) < 4.78 is 38.2. The van der Waals surface area contributed by atoms with Gasteiger partial charge < -0.3 is 5.32 Å². The molecule has 0 aliphatic rings. The molecular weight excluding hydrogens is 243 g/mol. The molecule has 1 N–H and O–H groups in total. The molecule has 0 aromatic heterocycles. The highest BCUT2D eigenvalue weighted by Crippen LogP contribution is 2.19. The van der Waals surface area contributed by atoms with Gasteiger partial charge in [0.25, 0.3) is 0 Å². The number of benzene rings is 1. The Labute approximate surface area is 101 Å². The van der Waals surface area contributed by atoms with Crippen LogP contribution >= 0.6 is 0 Å². The van der Waals surface area contributed by atoms with Gasteiger partial charge in [-0.15, -0.1) is 0 Å². The third-order valence-corrected chi connectivity index (χ3v) is 4.16. The van der Waals surface area contributed by atoms with Crippen molar-refractivity contribution in [2.45, 2.75) is 18.4 Å². The number of nitrogens with zero attached hydrogens (tertiary/aromatic N) is 1. The van der Waals surface area contributed by atoms with E-state index in [-0.39, 0.29) is 4.90 Å². The van der Waals surface area contributed by atoms with Gasteiger partial charge in [-0.05, 0) is 24.2 Å². The van der Waals surface area contributed by atoms with Gasteiger partial charge in [-0.2, -0.15) is 0 Å². The fourth-order valence-electron chi connectivity index (χ4n) is 1.32. The Balaban J connectivity index is 3.15. The van der Waals surface area contributed by atoms with Crippen LogP contribution in [0.15, 0.2) is 23.1 Å². The maximum Gasteiger partial charge on any atom is 0.245 e. The monoisotopic (exact) mass is 260 g/mol. The van der Waals surface area contributed by atoms with Crippen molar-refractivity contribution in [1.82, 2.24) is 9.62 Å². The molecule has 0 amide bonds. The second-order valence-corrected chi connectivity index (χ2v) is 5.95. The Morgan fingerprint density at radius 2 is 2.00 bits per heavy atom. The van der Waals surface area contributed by atoms with Crippen LogP contribution in [-0.2, 0) is 16.6 Å². The number of halogens is 1. The van der Waals surface area contributed by atoms with Crippen LogP contribution in [-0.4, -0.2) is 33.4 Å². The highest BCUT2D eigenvalue weighted by atomic mass is 32.2. The van der Waals surface area contributed by atoms with Gasteiger partial charge in [0.2, 0.25) is 10.0 Å². The Morgan fingerprint density at radius 1 is 1.35 bits per heavy atom. The third-order valence-electron chi connectivity index (χ3n) is 2.33. The van der Waals surface area contributed by atoms with Gasteiger partial charge in [-0.3, -0.25) is 0 Å². The summed E-state index contributed by atoms with van der Waals surface area (Å²) in [6.07, 6.45) is 0. The van der Waals surface area contributed by atoms with Gasteiger partial charge in [0.15, 0.2) is 0 Å². The molecule has 0 aliphatic carbocycles. The van der Waals surface area contributed by atoms with E-state index in [1.165, 1.54) is 26.2 Å². The lowest BCUT2D eigenvalue weighted by Gasteiger charge is -2.13. The first-order valence-corrected chi connectivity index (χ1v) is 6.75. The maximum atomic E-state index is 13.5. The lowest BCUT2D eigenvalue weighted by atomic mass is 10.2. The van der Waals surface area contributed by atoms with Gasteiger partial charge in [-0.25, -0.2) is 17.1 Å². The van der Waals surface area contributed by atoms with E-state index in [0.717, 1.165) is 16.4 Å². The van der Waals surface area contributed by atoms with Crippen molar-refractivity contribution in [1.29, 1.82) is 0 Å². The average molecular weight is 260 g/mol. The maximum absolute atomic E-state index is 13.5. The molecular formula is C11H17FN2O2S. The zero-order chi connectivity index (χ0) is 13.1. The standard InChI is InChI=1S/C11H17FN2O2S/c1-4-13-8-9-5-6-10(12)11(7-9)17(15,16)14(2)3/h5-7,13H,4,8H2,1-3H3. The Bertz CT molecular complexity index is 486. The van der Waals surface area contributed by atoms with Crippen molar-refractivity contribution < 1.29 is 12.8 Å². The minimum atomic E-state index is -3.72. The number of hydrogen-bond donors (Lipinski definition) is 1. The Hall–Kier alpha value is -0.980. The lowest BCUT2D eigenvalue weighted by molar-refractivity contribution is 0.507. The van der Waals surface area contributed by atoms with E-state index in [4.69, 9.17) is 0 Å². The minimum Gasteiger partial charge on any atom is -0.313 e. The fraction of sp³-hybridized carbons (Fsp3) is 0.455. The van der Waals surface area contributed by atoms with Gasteiger partial charge in [0.05, 0.1) is 0 Å². The summed E-state index contributed by atoms with van der Waals surface area (Å²) in [6.45, 7) is 3.24. The molecule has 0 saturated carbocycles. The van der Waals surface area contributed by atoms with Crippen LogP contribution in [0, 0.1) is 5.82 Å². The second-order valence-electron chi connectivity index (χ2n) is 3.83. The summed E-state index contributed by atoms with van der Waals surface area (Å²) in [5, 5.41) is 3.06. The van der Waals surface area contributed by atoms with Crippen LogP contribution in [0.25, 0.3) is 0 Å². The van der Waals surface area contributed by atoms with Gasteiger partial charge in [-0.1, -0.05) is 13.0 Å². The predicted octanol–water partition coefficient (Wildman–Crippen LogP) is 1.19. The van der Waals surface area contributed by atoms with Gasteiger partial charge in [0.1, 0.15) is 10.7 Å². The summed E-state index contributed by atoms with van der Waals surface area (Å²) in [5.41, 5.74) is 0.744. The van der Waals surface area contributed by atoms with Crippen LogP contribution in [0.1, 0.15) is 12.5 Å². The molecule has 96 valence electrons. The molecule has 1 aromatic carbocycles. The molecule has 0 saturated heterocycles. The van der Waals surface area contributed by atoms with Crippen molar-refractivity contribution in [3.05, 3.63) is 29.6 Å². The fourth-order valence-corrected chi connectivity index (χ4v) is 2.33. The van der Waals surface area contributed by atoms with Crippen molar-refractivity contribution in [2.24, 2.45) is 0 Å². The van der Waals surface area contributed by atoms with E-state index in [2.05, 4.69) is 5.32 Å². The third kappa shape index (κ3) is 3.24. The second kappa shape index (κ2) is 5.57.